The van der Waals surface area contributed by atoms with E-state index < -0.39 is 40.3 Å². The topological polar surface area (TPSA) is 111 Å². The maximum Gasteiger partial charge on any atom is 0.416 e. The van der Waals surface area contributed by atoms with Gasteiger partial charge in [0.1, 0.15) is 5.69 Å². The second-order valence-electron chi connectivity index (χ2n) is 6.10. The van der Waals surface area contributed by atoms with Crippen LogP contribution in [0.5, 0.6) is 0 Å². The molecule has 2 rings (SSSR count). The number of esters is 1. The highest BCUT2D eigenvalue weighted by Gasteiger charge is 2.33. The van der Waals surface area contributed by atoms with Crippen molar-refractivity contribution in [3.63, 3.8) is 0 Å². The molecule has 0 aliphatic carbocycles. The Morgan fingerprint density at radius 1 is 1.17 bits per heavy atom. The minimum Gasteiger partial charge on any atom is -0.467 e. The third kappa shape index (κ3) is 5.93. The molecule has 8 nitrogen and oxygen atoms in total. The summed E-state index contributed by atoms with van der Waals surface area (Å²) in [6.07, 6.45) is -4.91. The van der Waals surface area contributed by atoms with E-state index in [4.69, 9.17) is 0 Å². The number of amides is 1. The van der Waals surface area contributed by atoms with Gasteiger partial charge in [0.15, 0.2) is 6.04 Å². The molecule has 0 saturated heterocycles. The average molecular weight is 425 g/mol. The quantitative estimate of drug-likeness (QED) is 0.381. The van der Waals surface area contributed by atoms with Crippen molar-refractivity contribution < 1.29 is 32.4 Å². The number of benzene rings is 2. The van der Waals surface area contributed by atoms with E-state index in [1.807, 2.05) is 0 Å². The van der Waals surface area contributed by atoms with Crippen LogP contribution in [0.1, 0.15) is 23.6 Å². The molecule has 0 spiro atoms. The van der Waals surface area contributed by atoms with Crippen LogP contribution in [-0.2, 0) is 20.5 Å². The highest BCUT2D eigenvalue weighted by atomic mass is 19.4. The first-order chi connectivity index (χ1) is 14.1. The molecule has 1 unspecified atom stereocenters. The molecule has 0 radical (unpaired) electrons. The Morgan fingerprint density at radius 3 is 2.40 bits per heavy atom. The van der Waals surface area contributed by atoms with E-state index in [0.29, 0.717) is 17.7 Å². The molecule has 0 heterocycles. The minimum atomic E-state index is -4.72. The highest BCUT2D eigenvalue weighted by Crippen LogP contribution is 2.34. The zero-order chi connectivity index (χ0) is 22.3. The lowest BCUT2D eigenvalue weighted by molar-refractivity contribution is -0.384. The fourth-order valence-corrected chi connectivity index (χ4v) is 2.59. The van der Waals surface area contributed by atoms with Gasteiger partial charge in [-0.05, 0) is 17.7 Å². The number of nitro benzene ring substituents is 1. The number of nitrogens with one attached hydrogen (secondary N) is 2. The number of anilines is 1. The van der Waals surface area contributed by atoms with E-state index in [1.54, 1.807) is 30.3 Å². The summed E-state index contributed by atoms with van der Waals surface area (Å²) in [5.41, 5.74) is -1.57. The zero-order valence-electron chi connectivity index (χ0n) is 15.7. The molecule has 1 atom stereocenters. The van der Waals surface area contributed by atoms with Crippen molar-refractivity contribution >= 4 is 23.3 Å². The number of halogens is 3. The molecule has 2 aromatic carbocycles. The molecule has 0 saturated carbocycles. The second-order valence-corrected chi connectivity index (χ2v) is 6.10. The number of hydrogen-bond donors (Lipinski definition) is 2. The summed E-state index contributed by atoms with van der Waals surface area (Å²) in [5.74, 6) is -1.24. The fourth-order valence-electron chi connectivity index (χ4n) is 2.59. The van der Waals surface area contributed by atoms with E-state index in [2.05, 4.69) is 15.4 Å². The number of nitrogens with zero attached hydrogens (tertiary/aromatic N) is 1. The summed E-state index contributed by atoms with van der Waals surface area (Å²) in [5, 5.41) is 16.2. The molecule has 0 aliphatic heterocycles. The van der Waals surface area contributed by atoms with Gasteiger partial charge in [0.25, 0.3) is 5.69 Å². The van der Waals surface area contributed by atoms with Crippen LogP contribution in [0.4, 0.5) is 24.5 Å². The second kappa shape index (κ2) is 9.72. The molecule has 0 bridgehead atoms. The maximum absolute atomic E-state index is 12.7. The predicted octanol–water partition coefficient (Wildman–Crippen LogP) is 3.45. The molecule has 0 fully saturated rings. The fraction of sp³-hybridized carbons (Fsp3) is 0.263. The van der Waals surface area contributed by atoms with Gasteiger partial charge in [-0.2, -0.15) is 13.2 Å². The van der Waals surface area contributed by atoms with Crippen molar-refractivity contribution in [2.75, 3.05) is 19.0 Å². The maximum atomic E-state index is 12.7. The first kappa shape index (κ1) is 22.7. The van der Waals surface area contributed by atoms with Gasteiger partial charge in [0.2, 0.25) is 5.91 Å². The number of methoxy groups -OCH3 is 1. The van der Waals surface area contributed by atoms with Gasteiger partial charge in [0, 0.05) is 19.0 Å². The standard InChI is InChI=1S/C19H18F3N3O5/c1-30-18(27)17(12-5-3-2-4-6-12)24-16(26)9-10-23-14-8-7-13(19(20,21)22)11-15(14)25(28)29/h2-8,11,17,23H,9-10H2,1H3,(H,24,26). The molecule has 11 heteroatoms. The van der Waals surface area contributed by atoms with Crippen LogP contribution in [0.2, 0.25) is 0 Å². The van der Waals surface area contributed by atoms with Gasteiger partial charge in [-0.1, -0.05) is 30.3 Å². The van der Waals surface area contributed by atoms with Gasteiger partial charge < -0.3 is 15.4 Å². The Hall–Kier alpha value is -3.63. The van der Waals surface area contributed by atoms with Gasteiger partial charge in [-0.3, -0.25) is 14.9 Å². The Balaban J connectivity index is 2.03. The van der Waals surface area contributed by atoms with Crippen LogP contribution >= 0.6 is 0 Å². The van der Waals surface area contributed by atoms with Crippen molar-refractivity contribution in [3.8, 4) is 0 Å². The van der Waals surface area contributed by atoms with Crippen molar-refractivity contribution in [2.45, 2.75) is 18.6 Å². The number of carbonyl (C=O) groups excluding carboxylic acids is 2. The molecule has 2 N–H and O–H groups in total. The third-order valence-corrected chi connectivity index (χ3v) is 4.06. The first-order valence-electron chi connectivity index (χ1n) is 8.65. The van der Waals surface area contributed by atoms with Gasteiger partial charge in [0.05, 0.1) is 17.6 Å². The zero-order valence-corrected chi connectivity index (χ0v) is 15.7. The lowest BCUT2D eigenvalue weighted by Crippen LogP contribution is -2.35. The molecule has 30 heavy (non-hydrogen) atoms. The molecule has 1 amide bonds. The van der Waals surface area contributed by atoms with Crippen LogP contribution in [0.25, 0.3) is 0 Å². The third-order valence-electron chi connectivity index (χ3n) is 4.06. The molecular formula is C19H18F3N3O5. The Kier molecular flexibility index (Phi) is 7.34. The van der Waals surface area contributed by atoms with E-state index in [1.165, 1.54) is 7.11 Å². The first-order valence-corrected chi connectivity index (χ1v) is 8.65. The van der Waals surface area contributed by atoms with Crippen molar-refractivity contribution in [3.05, 3.63) is 69.8 Å². The molecule has 0 aromatic heterocycles. The summed E-state index contributed by atoms with van der Waals surface area (Å²) in [7, 11) is 1.18. The van der Waals surface area contributed by atoms with E-state index in [9.17, 15) is 32.9 Å². The lowest BCUT2D eigenvalue weighted by Gasteiger charge is -2.17. The minimum absolute atomic E-state index is 0.110. The number of carbonyl (C=O) groups is 2. The summed E-state index contributed by atoms with van der Waals surface area (Å²) >= 11 is 0. The van der Waals surface area contributed by atoms with Gasteiger partial charge in [-0.25, -0.2) is 4.79 Å². The summed E-state index contributed by atoms with van der Waals surface area (Å²) in [4.78, 5) is 34.3. The lowest BCUT2D eigenvalue weighted by atomic mass is 10.1. The SMILES string of the molecule is COC(=O)C(NC(=O)CCNc1ccc(C(F)(F)F)cc1[N+](=O)[O-])c1ccccc1. The van der Waals surface area contributed by atoms with Crippen molar-refractivity contribution in [2.24, 2.45) is 0 Å². The monoisotopic (exact) mass is 425 g/mol. The van der Waals surface area contributed by atoms with E-state index in [-0.39, 0.29) is 18.7 Å². The molecule has 0 aliphatic rings. The number of hydrogen-bond acceptors (Lipinski definition) is 6. The van der Waals surface area contributed by atoms with Crippen LogP contribution < -0.4 is 10.6 Å². The average Bonchev–Trinajstić information content (AvgIpc) is 2.71. The number of ether oxygens (including phenoxy) is 1. The van der Waals surface area contributed by atoms with E-state index >= 15 is 0 Å². The van der Waals surface area contributed by atoms with Gasteiger partial charge in [-0.15, -0.1) is 0 Å². The van der Waals surface area contributed by atoms with Crippen LogP contribution in [0, 0.1) is 10.1 Å². The summed E-state index contributed by atoms with van der Waals surface area (Å²) < 4.78 is 42.9. The van der Waals surface area contributed by atoms with Crippen LogP contribution in [0.15, 0.2) is 48.5 Å². The van der Waals surface area contributed by atoms with Gasteiger partial charge >= 0.3 is 12.1 Å². The highest BCUT2D eigenvalue weighted by molar-refractivity contribution is 5.85. The van der Waals surface area contributed by atoms with E-state index in [0.717, 1.165) is 6.07 Å². The largest absolute Gasteiger partial charge is 0.467 e. The smallest absolute Gasteiger partial charge is 0.416 e. The van der Waals surface area contributed by atoms with Crippen LogP contribution in [-0.4, -0.2) is 30.5 Å². The number of nitro groups is 1. The van der Waals surface area contributed by atoms with Crippen molar-refractivity contribution in [1.82, 2.24) is 5.32 Å². The number of rotatable bonds is 8. The summed E-state index contributed by atoms with van der Waals surface area (Å²) in [6.45, 7) is -0.110. The Labute approximate surface area is 169 Å². The normalized spacial score (nSPS) is 12.0. The summed E-state index contributed by atoms with van der Waals surface area (Å²) in [6, 6.07) is 9.39. The predicted molar refractivity (Wildman–Crippen MR) is 101 cm³/mol. The Morgan fingerprint density at radius 2 is 1.83 bits per heavy atom. The Bertz CT molecular complexity index is 919. The molecule has 2 aromatic rings. The van der Waals surface area contributed by atoms with Crippen LogP contribution in [0.3, 0.4) is 0 Å². The van der Waals surface area contributed by atoms with Crippen molar-refractivity contribution in [1.29, 1.82) is 0 Å². The molecule has 160 valence electrons. The number of alkyl halides is 3. The molecular weight excluding hydrogens is 407 g/mol.